The minimum Gasteiger partial charge on any atom is -0.404 e. The number of fused-ring (bicyclic) bond motifs is 3. The van der Waals surface area contributed by atoms with Crippen molar-refractivity contribution < 1.29 is 22.6 Å². The van der Waals surface area contributed by atoms with Crippen molar-refractivity contribution in [1.82, 2.24) is 14.5 Å². The third-order valence-corrected chi connectivity index (χ3v) is 6.67. The monoisotopic (exact) mass is 407 g/mol. The molecule has 0 bridgehead atoms. The zero-order chi connectivity index (χ0) is 20.2. The second-order valence-corrected chi connectivity index (χ2v) is 8.66. The minimum atomic E-state index is -4.69. The van der Waals surface area contributed by atoms with Crippen molar-refractivity contribution in [2.45, 2.75) is 62.8 Å². The highest BCUT2D eigenvalue weighted by Gasteiger charge is 2.58. The maximum atomic E-state index is 12.5. The summed E-state index contributed by atoms with van der Waals surface area (Å²) in [5.41, 5.74) is 1.78. The zero-order valence-corrected chi connectivity index (χ0v) is 16.3. The fraction of sp³-hybridized carbons (Fsp3) is 0.619. The number of nitrogens with zero attached hydrogens (tertiary/aromatic N) is 3. The van der Waals surface area contributed by atoms with Gasteiger partial charge < -0.3 is 14.0 Å². The summed E-state index contributed by atoms with van der Waals surface area (Å²) in [6.07, 6.45) is 5.18. The van der Waals surface area contributed by atoms with Crippen molar-refractivity contribution in [3.8, 4) is 5.75 Å². The summed E-state index contributed by atoms with van der Waals surface area (Å²) in [6.45, 7) is 3.51. The first-order valence-electron chi connectivity index (χ1n) is 10.2. The lowest BCUT2D eigenvalue weighted by Crippen LogP contribution is -2.26. The first kappa shape index (κ1) is 18.9. The maximum Gasteiger partial charge on any atom is 0.573 e. The van der Waals surface area contributed by atoms with Crippen molar-refractivity contribution in [3.05, 3.63) is 41.7 Å². The molecular formula is C21H24F3N3O2. The predicted octanol–water partition coefficient (Wildman–Crippen LogP) is 4.54. The average Bonchev–Trinajstić information content (AvgIpc) is 3.14. The van der Waals surface area contributed by atoms with Gasteiger partial charge in [0.1, 0.15) is 11.6 Å². The minimum absolute atomic E-state index is 0.0342. The summed E-state index contributed by atoms with van der Waals surface area (Å²) in [5, 5.41) is 0. The molecule has 8 heteroatoms. The topological polar surface area (TPSA) is 49.2 Å². The SMILES string of the molecule is C[C@H]1COCC2(CC2CC2CCCc3cc(OC(F)(F)F)cnc32)n2ccnc21. The van der Waals surface area contributed by atoms with Gasteiger partial charge in [-0.05, 0) is 49.7 Å². The molecule has 0 radical (unpaired) electrons. The Bertz CT molecular complexity index is 913. The molecule has 3 aliphatic rings. The number of pyridine rings is 1. The van der Waals surface area contributed by atoms with Gasteiger partial charge in [-0.15, -0.1) is 13.2 Å². The Kier molecular flexibility index (Phi) is 4.38. The number of alkyl halides is 3. The summed E-state index contributed by atoms with van der Waals surface area (Å²) in [7, 11) is 0. The Labute approximate surface area is 167 Å². The lowest BCUT2D eigenvalue weighted by molar-refractivity contribution is -0.274. The molecule has 1 saturated carbocycles. The molecule has 3 unspecified atom stereocenters. The summed E-state index contributed by atoms with van der Waals surface area (Å²) < 4.78 is 49.9. The highest BCUT2D eigenvalue weighted by molar-refractivity contribution is 5.34. The van der Waals surface area contributed by atoms with Gasteiger partial charge in [0.15, 0.2) is 0 Å². The zero-order valence-electron chi connectivity index (χ0n) is 16.3. The van der Waals surface area contributed by atoms with Crippen molar-refractivity contribution in [2.75, 3.05) is 13.2 Å². The van der Waals surface area contributed by atoms with Crippen LogP contribution in [0.25, 0.3) is 0 Å². The van der Waals surface area contributed by atoms with E-state index in [4.69, 9.17) is 4.74 Å². The highest BCUT2D eigenvalue weighted by atomic mass is 19.4. The number of hydrogen-bond donors (Lipinski definition) is 0. The van der Waals surface area contributed by atoms with E-state index in [-0.39, 0.29) is 23.1 Å². The van der Waals surface area contributed by atoms with Crippen molar-refractivity contribution >= 4 is 0 Å². The Balaban J connectivity index is 1.35. The van der Waals surface area contributed by atoms with Crippen LogP contribution in [0.15, 0.2) is 24.7 Å². The molecule has 0 N–H and O–H groups in total. The molecule has 156 valence electrons. The second kappa shape index (κ2) is 6.72. The predicted molar refractivity (Wildman–Crippen MR) is 98.8 cm³/mol. The quantitative estimate of drug-likeness (QED) is 0.750. The Morgan fingerprint density at radius 3 is 3.03 bits per heavy atom. The van der Waals surface area contributed by atoms with Crippen LogP contribution in [0.1, 0.15) is 61.5 Å². The Morgan fingerprint density at radius 1 is 1.34 bits per heavy atom. The van der Waals surface area contributed by atoms with Crippen LogP contribution in [0.5, 0.6) is 5.75 Å². The van der Waals surface area contributed by atoms with Gasteiger partial charge in [0.25, 0.3) is 0 Å². The van der Waals surface area contributed by atoms with E-state index >= 15 is 0 Å². The van der Waals surface area contributed by atoms with E-state index in [1.807, 2.05) is 6.20 Å². The van der Waals surface area contributed by atoms with Gasteiger partial charge in [-0.3, -0.25) is 4.98 Å². The van der Waals surface area contributed by atoms with E-state index in [0.717, 1.165) is 49.2 Å². The van der Waals surface area contributed by atoms with E-state index in [2.05, 4.69) is 32.4 Å². The molecule has 4 atom stereocenters. The van der Waals surface area contributed by atoms with Crippen LogP contribution in [0.2, 0.25) is 0 Å². The van der Waals surface area contributed by atoms with Crippen molar-refractivity contribution in [1.29, 1.82) is 0 Å². The Morgan fingerprint density at radius 2 is 2.21 bits per heavy atom. The molecule has 29 heavy (non-hydrogen) atoms. The molecular weight excluding hydrogens is 383 g/mol. The van der Waals surface area contributed by atoms with E-state index in [9.17, 15) is 13.2 Å². The van der Waals surface area contributed by atoms with Gasteiger partial charge in [0.05, 0.1) is 24.9 Å². The summed E-state index contributed by atoms with van der Waals surface area (Å²) >= 11 is 0. The van der Waals surface area contributed by atoms with Gasteiger partial charge in [0, 0.05) is 29.9 Å². The van der Waals surface area contributed by atoms with Crippen LogP contribution < -0.4 is 4.74 Å². The van der Waals surface area contributed by atoms with E-state index in [1.165, 1.54) is 12.3 Å². The van der Waals surface area contributed by atoms with Gasteiger partial charge in [-0.25, -0.2) is 4.98 Å². The van der Waals surface area contributed by atoms with Crippen LogP contribution in [-0.4, -0.2) is 34.1 Å². The highest BCUT2D eigenvalue weighted by Crippen LogP contribution is 2.57. The maximum absolute atomic E-state index is 12.5. The fourth-order valence-corrected chi connectivity index (χ4v) is 5.26. The number of ether oxygens (including phenoxy) is 2. The molecule has 0 aromatic carbocycles. The van der Waals surface area contributed by atoms with E-state index < -0.39 is 6.36 Å². The molecule has 2 aromatic heterocycles. The standard InChI is InChI=1S/C21H24F3N3O2/c1-13-11-28-12-20(27-6-5-25-19(13)27)9-16(20)7-14-3-2-4-15-8-17(10-26-18(14)15)29-21(22,23)24/h5-6,8,10,13-14,16H,2-4,7,9,11-12H2,1H3/t13-,14?,16?,20?/m0/s1. The molecule has 0 saturated heterocycles. The molecule has 1 spiro atoms. The number of aromatic nitrogens is 3. The van der Waals surface area contributed by atoms with Gasteiger partial charge >= 0.3 is 6.36 Å². The van der Waals surface area contributed by atoms with Crippen LogP contribution >= 0.6 is 0 Å². The number of rotatable bonds is 3. The number of halogens is 3. The molecule has 1 aliphatic heterocycles. The third kappa shape index (κ3) is 3.41. The molecule has 5 nitrogen and oxygen atoms in total. The average molecular weight is 407 g/mol. The largest absolute Gasteiger partial charge is 0.573 e. The summed E-state index contributed by atoms with van der Waals surface area (Å²) in [4.78, 5) is 8.94. The van der Waals surface area contributed by atoms with Gasteiger partial charge in [-0.1, -0.05) is 6.92 Å². The second-order valence-electron chi connectivity index (χ2n) is 8.66. The first-order chi connectivity index (χ1) is 13.9. The van der Waals surface area contributed by atoms with E-state index in [1.54, 1.807) is 0 Å². The normalized spacial score (nSPS) is 31.1. The van der Waals surface area contributed by atoms with Gasteiger partial charge in [0.2, 0.25) is 0 Å². The summed E-state index contributed by atoms with van der Waals surface area (Å²) in [6, 6.07) is 1.51. The molecule has 3 heterocycles. The number of hydrogen-bond acceptors (Lipinski definition) is 4. The number of imidazole rings is 1. The fourth-order valence-electron chi connectivity index (χ4n) is 5.26. The molecule has 0 amide bonds. The van der Waals surface area contributed by atoms with Crippen LogP contribution in [0.3, 0.4) is 0 Å². The molecule has 2 aromatic rings. The van der Waals surface area contributed by atoms with Crippen LogP contribution in [0.4, 0.5) is 13.2 Å². The Hall–Kier alpha value is -2.09. The molecule has 1 fully saturated rings. The van der Waals surface area contributed by atoms with Crippen LogP contribution in [-0.2, 0) is 16.7 Å². The number of aryl methyl sites for hydroxylation is 1. The third-order valence-electron chi connectivity index (χ3n) is 6.67. The lowest BCUT2D eigenvalue weighted by Gasteiger charge is -2.26. The first-order valence-corrected chi connectivity index (χ1v) is 10.2. The molecule has 5 rings (SSSR count). The van der Waals surface area contributed by atoms with Crippen molar-refractivity contribution in [3.63, 3.8) is 0 Å². The lowest BCUT2D eigenvalue weighted by atomic mass is 9.83. The van der Waals surface area contributed by atoms with E-state index in [0.29, 0.717) is 19.1 Å². The molecule has 2 aliphatic carbocycles. The van der Waals surface area contributed by atoms with Crippen LogP contribution in [0, 0.1) is 5.92 Å². The summed E-state index contributed by atoms with van der Waals surface area (Å²) in [5.74, 6) is 1.85. The smallest absolute Gasteiger partial charge is 0.404 e. The van der Waals surface area contributed by atoms with Crippen molar-refractivity contribution in [2.24, 2.45) is 5.92 Å². The van der Waals surface area contributed by atoms with Gasteiger partial charge in [-0.2, -0.15) is 0 Å².